The van der Waals surface area contributed by atoms with Crippen LogP contribution in [0.3, 0.4) is 0 Å². The fourth-order valence-electron chi connectivity index (χ4n) is 3.60. The second kappa shape index (κ2) is 11.5. The summed E-state index contributed by atoms with van der Waals surface area (Å²) in [6.07, 6.45) is 1.52. The number of nitrogens with zero attached hydrogens (tertiary/aromatic N) is 1. The molecule has 178 valence electrons. The lowest BCUT2D eigenvalue weighted by Gasteiger charge is -2.15. The molecule has 0 heterocycles. The Hall–Kier alpha value is -2.86. The molecule has 5 nitrogen and oxygen atoms in total. The highest BCUT2D eigenvalue weighted by Crippen LogP contribution is 2.23. The second-order valence-corrected chi connectivity index (χ2v) is 9.43. The monoisotopic (exact) mass is 497 g/mol. The summed E-state index contributed by atoms with van der Waals surface area (Å²) >= 11 is 12.2. The fourth-order valence-corrected chi connectivity index (χ4v) is 3.83. The van der Waals surface area contributed by atoms with Crippen molar-refractivity contribution in [3.8, 4) is 0 Å². The standard InChI is InChI=1S/C27H29Cl2N3O2/c1-17-14-21(8-11-24(17)28)30-26(33)20-7-10-23(19(16-20)6-5-13-32(3)4)27(34)31-22-9-12-25(29)18(2)15-22/h7-12,14-16H,5-6,13H2,1-4H3,(H,30,33)(H,31,34). The van der Waals surface area contributed by atoms with Crippen molar-refractivity contribution in [1.82, 2.24) is 4.90 Å². The molecule has 34 heavy (non-hydrogen) atoms. The van der Waals surface area contributed by atoms with Gasteiger partial charge in [0.25, 0.3) is 11.8 Å². The largest absolute Gasteiger partial charge is 0.322 e. The highest BCUT2D eigenvalue weighted by atomic mass is 35.5. The van der Waals surface area contributed by atoms with Crippen molar-refractivity contribution in [1.29, 1.82) is 0 Å². The van der Waals surface area contributed by atoms with Crippen LogP contribution in [0.1, 0.15) is 43.8 Å². The summed E-state index contributed by atoms with van der Waals surface area (Å²) in [6.45, 7) is 4.65. The number of halogens is 2. The van der Waals surface area contributed by atoms with E-state index in [1.165, 1.54) is 0 Å². The van der Waals surface area contributed by atoms with Gasteiger partial charge in [0.15, 0.2) is 0 Å². The van der Waals surface area contributed by atoms with E-state index in [1.54, 1.807) is 42.5 Å². The van der Waals surface area contributed by atoms with Crippen LogP contribution in [0.25, 0.3) is 0 Å². The number of anilines is 2. The fraction of sp³-hybridized carbons (Fsp3) is 0.259. The lowest BCUT2D eigenvalue weighted by molar-refractivity contribution is 0.101. The highest BCUT2D eigenvalue weighted by molar-refractivity contribution is 6.31. The zero-order valence-electron chi connectivity index (χ0n) is 19.8. The quantitative estimate of drug-likeness (QED) is 0.368. The second-order valence-electron chi connectivity index (χ2n) is 8.61. The van der Waals surface area contributed by atoms with Gasteiger partial charge in [0, 0.05) is 32.5 Å². The Balaban J connectivity index is 1.84. The van der Waals surface area contributed by atoms with Crippen LogP contribution in [0.2, 0.25) is 10.0 Å². The minimum Gasteiger partial charge on any atom is -0.322 e. The van der Waals surface area contributed by atoms with Crippen LogP contribution in [-0.4, -0.2) is 37.4 Å². The topological polar surface area (TPSA) is 61.4 Å². The third-order valence-corrected chi connectivity index (χ3v) is 6.34. The third kappa shape index (κ3) is 6.83. The maximum atomic E-state index is 13.1. The van der Waals surface area contributed by atoms with E-state index in [4.69, 9.17) is 23.2 Å². The maximum absolute atomic E-state index is 13.1. The molecule has 0 bridgehead atoms. The molecule has 0 saturated carbocycles. The predicted molar refractivity (Wildman–Crippen MR) is 142 cm³/mol. The molecule has 0 aliphatic carbocycles. The van der Waals surface area contributed by atoms with Gasteiger partial charge in [0.2, 0.25) is 0 Å². The van der Waals surface area contributed by atoms with Gasteiger partial charge in [-0.15, -0.1) is 0 Å². The van der Waals surface area contributed by atoms with Crippen LogP contribution < -0.4 is 10.6 Å². The van der Waals surface area contributed by atoms with Crippen LogP contribution in [0, 0.1) is 13.8 Å². The van der Waals surface area contributed by atoms with Gasteiger partial charge in [-0.25, -0.2) is 0 Å². The molecule has 2 amide bonds. The van der Waals surface area contributed by atoms with E-state index >= 15 is 0 Å². The number of hydrogen-bond donors (Lipinski definition) is 2. The lowest BCUT2D eigenvalue weighted by atomic mass is 9.98. The smallest absolute Gasteiger partial charge is 0.255 e. The number of amides is 2. The molecule has 0 spiro atoms. The molecule has 0 aliphatic rings. The number of carbonyl (C=O) groups is 2. The summed E-state index contributed by atoms with van der Waals surface area (Å²) in [7, 11) is 4.02. The van der Waals surface area contributed by atoms with Crippen molar-refractivity contribution < 1.29 is 9.59 Å². The summed E-state index contributed by atoms with van der Waals surface area (Å²) in [6, 6.07) is 15.9. The van der Waals surface area contributed by atoms with E-state index in [9.17, 15) is 9.59 Å². The SMILES string of the molecule is Cc1cc(NC(=O)c2ccc(C(=O)Nc3ccc(Cl)c(C)c3)c(CCCN(C)C)c2)ccc1Cl. The van der Waals surface area contributed by atoms with Crippen LogP contribution in [0.15, 0.2) is 54.6 Å². The molecule has 0 unspecified atom stereocenters. The van der Waals surface area contributed by atoms with E-state index < -0.39 is 0 Å². The van der Waals surface area contributed by atoms with Gasteiger partial charge in [-0.3, -0.25) is 9.59 Å². The molecule has 3 aromatic rings. The molecular formula is C27H29Cl2N3O2. The molecule has 0 aromatic heterocycles. The molecule has 0 atom stereocenters. The van der Waals surface area contributed by atoms with Gasteiger partial charge in [-0.2, -0.15) is 0 Å². The van der Waals surface area contributed by atoms with Crippen molar-refractivity contribution in [2.75, 3.05) is 31.3 Å². The molecule has 2 N–H and O–H groups in total. The van der Waals surface area contributed by atoms with Crippen LogP contribution >= 0.6 is 23.2 Å². The van der Waals surface area contributed by atoms with Crippen LogP contribution in [0.4, 0.5) is 11.4 Å². The van der Waals surface area contributed by atoms with Gasteiger partial charge in [0.05, 0.1) is 0 Å². The molecule has 7 heteroatoms. The van der Waals surface area contributed by atoms with Crippen molar-refractivity contribution in [2.24, 2.45) is 0 Å². The zero-order valence-corrected chi connectivity index (χ0v) is 21.3. The molecular weight excluding hydrogens is 469 g/mol. The number of nitrogens with one attached hydrogen (secondary N) is 2. The lowest BCUT2D eigenvalue weighted by Crippen LogP contribution is -2.18. The molecule has 3 aromatic carbocycles. The first-order chi connectivity index (χ1) is 16.1. The summed E-state index contributed by atoms with van der Waals surface area (Å²) in [5.74, 6) is -0.460. The Kier molecular flexibility index (Phi) is 8.72. The predicted octanol–water partition coefficient (Wildman–Crippen LogP) is 6.61. The van der Waals surface area contributed by atoms with Crippen molar-refractivity contribution >= 4 is 46.4 Å². The van der Waals surface area contributed by atoms with E-state index in [2.05, 4.69) is 15.5 Å². The van der Waals surface area contributed by atoms with Crippen molar-refractivity contribution in [2.45, 2.75) is 26.7 Å². The molecule has 0 fully saturated rings. The zero-order chi connectivity index (χ0) is 24.8. The third-order valence-electron chi connectivity index (χ3n) is 5.50. The summed E-state index contributed by atoms with van der Waals surface area (Å²) in [4.78, 5) is 28.1. The van der Waals surface area contributed by atoms with Gasteiger partial charge < -0.3 is 15.5 Å². The Morgan fingerprint density at radius 3 is 1.88 bits per heavy atom. The first-order valence-electron chi connectivity index (χ1n) is 11.1. The van der Waals surface area contributed by atoms with E-state index in [-0.39, 0.29) is 11.8 Å². The number of rotatable bonds is 8. The summed E-state index contributed by atoms with van der Waals surface area (Å²) in [5, 5.41) is 7.15. The Morgan fingerprint density at radius 1 is 0.794 bits per heavy atom. The van der Waals surface area contributed by atoms with E-state index in [0.717, 1.165) is 29.7 Å². The first-order valence-corrected chi connectivity index (χ1v) is 11.8. The minimum atomic E-state index is -0.240. The summed E-state index contributed by atoms with van der Waals surface area (Å²) < 4.78 is 0. The van der Waals surface area contributed by atoms with Gasteiger partial charge in [-0.05, 0) is 119 Å². The molecule has 0 radical (unpaired) electrons. The van der Waals surface area contributed by atoms with Crippen molar-refractivity contribution in [3.63, 3.8) is 0 Å². The Bertz CT molecular complexity index is 1210. The first kappa shape index (κ1) is 25.8. The van der Waals surface area contributed by atoms with E-state index in [1.807, 2.05) is 40.1 Å². The van der Waals surface area contributed by atoms with Gasteiger partial charge in [-0.1, -0.05) is 23.2 Å². The summed E-state index contributed by atoms with van der Waals surface area (Å²) in [5.41, 5.74) is 4.97. The number of hydrogen-bond acceptors (Lipinski definition) is 3. The number of aryl methyl sites for hydroxylation is 3. The highest BCUT2D eigenvalue weighted by Gasteiger charge is 2.16. The van der Waals surface area contributed by atoms with Crippen molar-refractivity contribution in [3.05, 3.63) is 92.5 Å². The van der Waals surface area contributed by atoms with Crippen LogP contribution in [0.5, 0.6) is 0 Å². The van der Waals surface area contributed by atoms with Gasteiger partial charge in [0.1, 0.15) is 0 Å². The molecule has 3 rings (SSSR count). The minimum absolute atomic E-state index is 0.221. The number of benzene rings is 3. The van der Waals surface area contributed by atoms with Gasteiger partial charge >= 0.3 is 0 Å². The Labute approximate surface area is 211 Å². The Morgan fingerprint density at radius 2 is 1.35 bits per heavy atom. The average molecular weight is 498 g/mol. The molecule has 0 saturated heterocycles. The van der Waals surface area contributed by atoms with E-state index in [0.29, 0.717) is 39.0 Å². The van der Waals surface area contributed by atoms with Crippen LogP contribution in [-0.2, 0) is 6.42 Å². The number of carbonyl (C=O) groups excluding carboxylic acids is 2. The average Bonchev–Trinajstić information content (AvgIpc) is 2.78. The normalized spacial score (nSPS) is 10.9. The maximum Gasteiger partial charge on any atom is 0.255 e. The molecule has 0 aliphatic heterocycles.